The van der Waals surface area contributed by atoms with Gasteiger partial charge in [0.25, 0.3) is 5.56 Å². The molecule has 0 fully saturated rings. The summed E-state index contributed by atoms with van der Waals surface area (Å²) in [6, 6.07) is 9.62. The van der Waals surface area contributed by atoms with Crippen LogP contribution in [-0.2, 0) is 11.3 Å². The quantitative estimate of drug-likeness (QED) is 0.410. The van der Waals surface area contributed by atoms with E-state index in [-0.39, 0.29) is 28.0 Å². The van der Waals surface area contributed by atoms with Crippen LogP contribution < -0.4 is 10.3 Å². The van der Waals surface area contributed by atoms with Crippen molar-refractivity contribution in [2.24, 2.45) is 0 Å². The Hall–Kier alpha value is -2.52. The van der Waals surface area contributed by atoms with Crippen LogP contribution in [0.25, 0.3) is 5.69 Å². The summed E-state index contributed by atoms with van der Waals surface area (Å²) in [5.41, 5.74) is 0.684. The number of esters is 1. The summed E-state index contributed by atoms with van der Waals surface area (Å²) < 4.78 is 39.4. The molecule has 1 heterocycles. The fourth-order valence-corrected chi connectivity index (χ4v) is 3.62. The highest BCUT2D eigenvalue weighted by atomic mass is 79.9. The summed E-state index contributed by atoms with van der Waals surface area (Å²) in [7, 11) is 1.25. The third-order valence-corrected chi connectivity index (χ3v) is 5.53. The molecule has 30 heavy (non-hydrogen) atoms. The third-order valence-electron chi connectivity index (χ3n) is 4.30. The molecule has 0 bridgehead atoms. The smallest absolute Gasteiger partial charge is 0.340 e. The van der Waals surface area contributed by atoms with Gasteiger partial charge in [-0.05, 0) is 53.2 Å². The first kappa shape index (κ1) is 22.2. The van der Waals surface area contributed by atoms with Crippen molar-refractivity contribution in [3.05, 3.63) is 90.2 Å². The lowest BCUT2D eigenvalue weighted by Crippen LogP contribution is -2.24. The van der Waals surface area contributed by atoms with E-state index in [1.54, 1.807) is 31.2 Å². The van der Waals surface area contributed by atoms with Gasteiger partial charge in [-0.1, -0.05) is 15.9 Å². The van der Waals surface area contributed by atoms with E-state index in [9.17, 15) is 18.4 Å². The second-order valence-corrected chi connectivity index (χ2v) is 7.99. The third kappa shape index (κ3) is 4.46. The van der Waals surface area contributed by atoms with Crippen molar-refractivity contribution >= 4 is 37.8 Å². The minimum Gasteiger partial charge on any atom is -0.487 e. The zero-order valence-corrected chi connectivity index (χ0v) is 19.0. The van der Waals surface area contributed by atoms with Gasteiger partial charge in [0.2, 0.25) is 0 Å². The van der Waals surface area contributed by atoms with E-state index < -0.39 is 23.2 Å². The molecule has 0 amide bonds. The van der Waals surface area contributed by atoms with Crippen molar-refractivity contribution in [2.75, 3.05) is 7.11 Å². The maximum atomic E-state index is 13.8. The molecule has 0 saturated carbocycles. The van der Waals surface area contributed by atoms with Crippen LogP contribution in [0.15, 0.2) is 56.2 Å². The predicted molar refractivity (Wildman–Crippen MR) is 114 cm³/mol. The maximum Gasteiger partial charge on any atom is 0.340 e. The molecule has 2 aromatic carbocycles. The molecule has 0 aliphatic rings. The van der Waals surface area contributed by atoms with Gasteiger partial charge in [0.15, 0.2) is 0 Å². The number of carbonyl (C=O) groups excluding carboxylic acids is 1. The number of ether oxygens (including phenoxy) is 2. The molecule has 9 heteroatoms. The molecular weight excluding hydrogens is 528 g/mol. The first-order chi connectivity index (χ1) is 14.2. The Morgan fingerprint density at radius 1 is 1.10 bits per heavy atom. The predicted octanol–water partition coefficient (Wildman–Crippen LogP) is 5.31. The molecule has 3 aromatic rings. The first-order valence-electron chi connectivity index (χ1n) is 8.60. The number of pyridine rings is 1. The number of halogens is 4. The van der Waals surface area contributed by atoms with Crippen LogP contribution in [0.1, 0.15) is 21.6 Å². The second-order valence-electron chi connectivity index (χ2n) is 6.28. The Morgan fingerprint density at radius 3 is 2.50 bits per heavy atom. The Bertz CT molecular complexity index is 1190. The molecule has 1 aromatic heterocycles. The van der Waals surface area contributed by atoms with Crippen LogP contribution >= 0.6 is 31.9 Å². The standard InChI is InChI=1S/C21H15Br2F2NO4/c1-11-7-18(30-10-12-3-5-14(24)9-16(12)25)19(23)20(27)26(11)17-6-4-13(22)8-15(17)21(28)29-2/h3-9H,10H2,1-2H3. The van der Waals surface area contributed by atoms with Crippen molar-refractivity contribution in [2.45, 2.75) is 13.5 Å². The number of hydrogen-bond donors (Lipinski definition) is 0. The highest BCUT2D eigenvalue weighted by Crippen LogP contribution is 2.27. The van der Waals surface area contributed by atoms with Crippen LogP contribution in [0.2, 0.25) is 0 Å². The molecule has 0 aliphatic heterocycles. The number of carbonyl (C=O) groups is 1. The van der Waals surface area contributed by atoms with Crippen LogP contribution in [0, 0.1) is 18.6 Å². The van der Waals surface area contributed by atoms with Crippen molar-refractivity contribution in [1.82, 2.24) is 4.57 Å². The van der Waals surface area contributed by atoms with Gasteiger partial charge in [-0.25, -0.2) is 13.6 Å². The lowest BCUT2D eigenvalue weighted by Gasteiger charge is -2.17. The van der Waals surface area contributed by atoms with Gasteiger partial charge in [-0.3, -0.25) is 9.36 Å². The minimum absolute atomic E-state index is 0.0920. The molecule has 0 spiro atoms. The van der Waals surface area contributed by atoms with Crippen molar-refractivity contribution < 1.29 is 23.0 Å². The largest absolute Gasteiger partial charge is 0.487 e. The summed E-state index contributed by atoms with van der Waals surface area (Å²) >= 11 is 6.53. The van der Waals surface area contributed by atoms with E-state index in [0.717, 1.165) is 12.1 Å². The van der Waals surface area contributed by atoms with Gasteiger partial charge in [-0.15, -0.1) is 0 Å². The number of rotatable bonds is 5. The average molecular weight is 543 g/mol. The Balaban J connectivity index is 2.02. The van der Waals surface area contributed by atoms with Gasteiger partial charge in [0.05, 0.1) is 18.4 Å². The molecule has 5 nitrogen and oxygen atoms in total. The summed E-state index contributed by atoms with van der Waals surface area (Å²) in [5.74, 6) is -1.84. The molecule has 0 atom stereocenters. The number of aromatic nitrogens is 1. The van der Waals surface area contributed by atoms with Gasteiger partial charge in [0, 0.05) is 27.9 Å². The summed E-state index contributed by atoms with van der Waals surface area (Å²) in [4.78, 5) is 25.2. The molecular formula is C21H15Br2F2NO4. The minimum atomic E-state index is -0.742. The Morgan fingerprint density at radius 2 is 1.83 bits per heavy atom. The first-order valence-corrected chi connectivity index (χ1v) is 10.2. The maximum absolute atomic E-state index is 13.8. The highest BCUT2D eigenvalue weighted by molar-refractivity contribution is 9.10. The van der Waals surface area contributed by atoms with Crippen LogP contribution in [-0.4, -0.2) is 17.6 Å². The molecule has 156 valence electrons. The van der Waals surface area contributed by atoms with E-state index in [4.69, 9.17) is 9.47 Å². The van der Waals surface area contributed by atoms with Gasteiger partial charge < -0.3 is 9.47 Å². The zero-order valence-electron chi connectivity index (χ0n) is 15.8. The highest BCUT2D eigenvalue weighted by Gasteiger charge is 2.20. The molecule has 0 saturated heterocycles. The van der Waals surface area contributed by atoms with E-state index in [2.05, 4.69) is 31.9 Å². The molecule has 3 rings (SSSR count). The Labute approximate surface area is 187 Å². The number of aryl methyl sites for hydroxylation is 1. The summed E-state index contributed by atoms with van der Waals surface area (Å²) in [5, 5.41) is 0. The number of nitrogens with zero attached hydrogens (tertiary/aromatic N) is 1. The van der Waals surface area contributed by atoms with Crippen molar-refractivity contribution in [1.29, 1.82) is 0 Å². The van der Waals surface area contributed by atoms with Crippen molar-refractivity contribution in [3.63, 3.8) is 0 Å². The van der Waals surface area contributed by atoms with E-state index in [0.29, 0.717) is 15.9 Å². The molecule has 0 aliphatic carbocycles. The Kier molecular flexibility index (Phi) is 6.72. The van der Waals surface area contributed by atoms with Crippen LogP contribution in [0.4, 0.5) is 8.78 Å². The normalized spacial score (nSPS) is 10.7. The lowest BCUT2D eigenvalue weighted by atomic mass is 10.1. The van der Waals surface area contributed by atoms with Crippen LogP contribution in [0.5, 0.6) is 5.75 Å². The van der Waals surface area contributed by atoms with Gasteiger partial charge in [0.1, 0.15) is 28.5 Å². The lowest BCUT2D eigenvalue weighted by molar-refractivity contribution is 0.0600. The summed E-state index contributed by atoms with van der Waals surface area (Å²) in [6.07, 6.45) is 0. The zero-order chi connectivity index (χ0) is 22.0. The number of methoxy groups -OCH3 is 1. The number of hydrogen-bond acceptors (Lipinski definition) is 4. The van der Waals surface area contributed by atoms with E-state index in [1.165, 1.54) is 17.7 Å². The topological polar surface area (TPSA) is 57.5 Å². The second kappa shape index (κ2) is 9.09. The molecule has 0 N–H and O–H groups in total. The van der Waals surface area contributed by atoms with Gasteiger partial charge >= 0.3 is 5.97 Å². The molecule has 0 radical (unpaired) electrons. The van der Waals surface area contributed by atoms with Gasteiger partial charge in [-0.2, -0.15) is 0 Å². The number of benzene rings is 2. The van der Waals surface area contributed by atoms with Crippen molar-refractivity contribution in [3.8, 4) is 11.4 Å². The van der Waals surface area contributed by atoms with E-state index >= 15 is 0 Å². The monoisotopic (exact) mass is 541 g/mol. The van der Waals surface area contributed by atoms with E-state index in [1.807, 2.05) is 0 Å². The molecule has 0 unspecified atom stereocenters. The van der Waals surface area contributed by atoms with Crippen LogP contribution in [0.3, 0.4) is 0 Å². The SMILES string of the molecule is COC(=O)c1cc(Br)ccc1-n1c(C)cc(OCc2ccc(F)cc2F)c(Br)c1=O. The fourth-order valence-electron chi connectivity index (χ4n) is 2.86. The fraction of sp³-hybridized carbons (Fsp3) is 0.143. The summed E-state index contributed by atoms with van der Waals surface area (Å²) in [6.45, 7) is 1.47. The average Bonchev–Trinajstić information content (AvgIpc) is 2.71.